The Morgan fingerprint density at radius 2 is 1.86 bits per heavy atom. The van der Waals surface area contributed by atoms with Crippen LogP contribution in [0.4, 0.5) is 0 Å². The highest BCUT2D eigenvalue weighted by Crippen LogP contribution is 2.26. The Bertz CT molecular complexity index is 269. The van der Waals surface area contributed by atoms with E-state index in [1.165, 1.54) is 6.92 Å². The number of esters is 1. The van der Waals surface area contributed by atoms with Crippen LogP contribution < -0.4 is 0 Å². The molecule has 0 saturated carbocycles. The summed E-state index contributed by atoms with van der Waals surface area (Å²) in [5.74, 6) is -1.70. The molecule has 0 spiro atoms. The van der Waals surface area contributed by atoms with Gasteiger partial charge < -0.3 is 19.3 Å². The molecular weight excluding hydrogens is 272 g/mol. The number of unbranched alkanes of at least 4 members (excludes halogenated alkanes) is 1. The standard InChI is InChI=1S/C16H32O5/c1-5-8-9-15(6-2)12-16(18,21-14(4)17)13-20-11-10-19-7-3/h15,18H,5-13H2,1-4H3. The highest BCUT2D eigenvalue weighted by atomic mass is 16.7. The second-order valence-corrected chi connectivity index (χ2v) is 5.41. The fourth-order valence-corrected chi connectivity index (χ4v) is 2.29. The van der Waals surface area contributed by atoms with E-state index in [9.17, 15) is 9.90 Å². The molecule has 2 unspecified atom stereocenters. The third-order valence-electron chi connectivity index (χ3n) is 3.39. The van der Waals surface area contributed by atoms with Gasteiger partial charge in [0.15, 0.2) is 0 Å². The van der Waals surface area contributed by atoms with Crippen molar-refractivity contribution < 1.29 is 24.1 Å². The topological polar surface area (TPSA) is 65.0 Å². The molecule has 5 heteroatoms. The van der Waals surface area contributed by atoms with Gasteiger partial charge in [-0.3, -0.25) is 4.79 Å². The van der Waals surface area contributed by atoms with Crippen LogP contribution in [0.1, 0.15) is 59.8 Å². The summed E-state index contributed by atoms with van der Waals surface area (Å²) >= 11 is 0. The summed E-state index contributed by atoms with van der Waals surface area (Å²) in [7, 11) is 0. The van der Waals surface area contributed by atoms with Crippen molar-refractivity contribution in [2.45, 2.75) is 65.6 Å². The minimum absolute atomic E-state index is 0.0116. The molecule has 126 valence electrons. The molecule has 0 amide bonds. The maximum Gasteiger partial charge on any atom is 0.305 e. The number of ether oxygens (including phenoxy) is 3. The van der Waals surface area contributed by atoms with E-state index in [0.29, 0.717) is 32.2 Å². The van der Waals surface area contributed by atoms with Crippen molar-refractivity contribution in [2.75, 3.05) is 26.4 Å². The van der Waals surface area contributed by atoms with Gasteiger partial charge in [-0.15, -0.1) is 0 Å². The summed E-state index contributed by atoms with van der Waals surface area (Å²) < 4.78 is 15.7. The number of carbonyl (C=O) groups is 1. The number of carbonyl (C=O) groups excluding carboxylic acids is 1. The summed E-state index contributed by atoms with van der Waals surface area (Å²) in [5.41, 5.74) is 0. The van der Waals surface area contributed by atoms with E-state index >= 15 is 0 Å². The van der Waals surface area contributed by atoms with E-state index in [1.807, 2.05) is 6.92 Å². The summed E-state index contributed by atoms with van der Waals surface area (Å²) in [5, 5.41) is 10.5. The van der Waals surface area contributed by atoms with Crippen molar-refractivity contribution in [1.82, 2.24) is 0 Å². The molecule has 0 heterocycles. The molecule has 0 aliphatic carbocycles. The first-order chi connectivity index (χ1) is 9.97. The zero-order valence-electron chi connectivity index (χ0n) is 14.0. The van der Waals surface area contributed by atoms with Crippen molar-refractivity contribution in [3.8, 4) is 0 Å². The van der Waals surface area contributed by atoms with Gasteiger partial charge in [0.25, 0.3) is 0 Å². The molecule has 0 fully saturated rings. The van der Waals surface area contributed by atoms with Gasteiger partial charge in [-0.25, -0.2) is 0 Å². The molecule has 0 aromatic carbocycles. The van der Waals surface area contributed by atoms with Crippen LogP contribution in [0.25, 0.3) is 0 Å². The Morgan fingerprint density at radius 1 is 1.19 bits per heavy atom. The summed E-state index contributed by atoms with van der Waals surface area (Å²) in [4.78, 5) is 11.2. The number of hydrogen-bond donors (Lipinski definition) is 1. The predicted octanol–water partition coefficient (Wildman–Crippen LogP) is 2.90. The van der Waals surface area contributed by atoms with E-state index in [4.69, 9.17) is 14.2 Å². The lowest BCUT2D eigenvalue weighted by molar-refractivity contribution is -0.235. The molecule has 2 atom stereocenters. The molecule has 0 rings (SSSR count). The van der Waals surface area contributed by atoms with Crippen LogP contribution in [0.3, 0.4) is 0 Å². The molecule has 0 aromatic heterocycles. The molecule has 0 radical (unpaired) electrons. The molecule has 21 heavy (non-hydrogen) atoms. The average molecular weight is 304 g/mol. The summed E-state index contributed by atoms with van der Waals surface area (Å²) in [6, 6.07) is 0. The predicted molar refractivity (Wildman–Crippen MR) is 82.0 cm³/mol. The van der Waals surface area contributed by atoms with Crippen molar-refractivity contribution in [2.24, 2.45) is 5.92 Å². The van der Waals surface area contributed by atoms with Crippen LogP contribution >= 0.6 is 0 Å². The van der Waals surface area contributed by atoms with Crippen molar-refractivity contribution >= 4 is 5.97 Å². The van der Waals surface area contributed by atoms with Gasteiger partial charge in [0.05, 0.1) is 13.2 Å². The third kappa shape index (κ3) is 10.7. The van der Waals surface area contributed by atoms with Crippen molar-refractivity contribution in [3.63, 3.8) is 0 Å². The summed E-state index contributed by atoms with van der Waals surface area (Å²) in [6.45, 7) is 8.91. The fourth-order valence-electron chi connectivity index (χ4n) is 2.29. The number of aliphatic hydroxyl groups is 1. The molecule has 0 saturated heterocycles. The second-order valence-electron chi connectivity index (χ2n) is 5.41. The van der Waals surface area contributed by atoms with Gasteiger partial charge in [-0.1, -0.05) is 39.5 Å². The number of rotatable bonds is 13. The van der Waals surface area contributed by atoms with Crippen LogP contribution in [0.5, 0.6) is 0 Å². The lowest BCUT2D eigenvalue weighted by atomic mass is 9.91. The molecule has 0 aromatic rings. The molecule has 1 N–H and O–H groups in total. The minimum Gasteiger partial charge on any atom is -0.431 e. The van der Waals surface area contributed by atoms with E-state index in [2.05, 4.69) is 13.8 Å². The van der Waals surface area contributed by atoms with E-state index in [0.717, 1.165) is 25.7 Å². The second kappa shape index (κ2) is 12.0. The highest BCUT2D eigenvalue weighted by Gasteiger charge is 2.33. The van der Waals surface area contributed by atoms with Crippen LogP contribution in [-0.4, -0.2) is 43.3 Å². The Hall–Kier alpha value is -0.650. The minimum atomic E-state index is -1.54. The maximum atomic E-state index is 11.2. The quantitative estimate of drug-likeness (QED) is 0.322. The van der Waals surface area contributed by atoms with Crippen LogP contribution in [-0.2, 0) is 19.0 Å². The molecule has 5 nitrogen and oxygen atoms in total. The van der Waals surface area contributed by atoms with Crippen LogP contribution in [0.2, 0.25) is 0 Å². The largest absolute Gasteiger partial charge is 0.431 e. The van der Waals surface area contributed by atoms with Crippen molar-refractivity contribution in [3.05, 3.63) is 0 Å². The zero-order valence-corrected chi connectivity index (χ0v) is 14.0. The van der Waals surface area contributed by atoms with Gasteiger partial charge in [0.2, 0.25) is 5.79 Å². The molecular formula is C16H32O5. The lowest BCUT2D eigenvalue weighted by Gasteiger charge is -2.30. The number of hydrogen-bond acceptors (Lipinski definition) is 5. The van der Waals surface area contributed by atoms with E-state index in [1.54, 1.807) is 0 Å². The maximum absolute atomic E-state index is 11.2. The van der Waals surface area contributed by atoms with Gasteiger partial charge in [-0.05, 0) is 12.8 Å². The zero-order chi connectivity index (χ0) is 16.1. The van der Waals surface area contributed by atoms with Gasteiger partial charge >= 0.3 is 5.97 Å². The Labute approximate surface area is 129 Å². The third-order valence-corrected chi connectivity index (χ3v) is 3.39. The molecule has 0 bridgehead atoms. The van der Waals surface area contributed by atoms with Crippen LogP contribution in [0, 0.1) is 5.92 Å². The first-order valence-corrected chi connectivity index (χ1v) is 8.04. The Morgan fingerprint density at radius 3 is 2.38 bits per heavy atom. The SMILES string of the molecule is CCCCC(CC)CC(O)(COCCOCC)OC(C)=O. The Balaban J connectivity index is 4.40. The highest BCUT2D eigenvalue weighted by molar-refractivity contribution is 5.66. The van der Waals surface area contributed by atoms with Crippen LogP contribution in [0.15, 0.2) is 0 Å². The molecule has 0 aliphatic heterocycles. The average Bonchev–Trinajstić information content (AvgIpc) is 2.42. The van der Waals surface area contributed by atoms with Gasteiger partial charge in [0.1, 0.15) is 6.61 Å². The monoisotopic (exact) mass is 304 g/mol. The normalized spacial score (nSPS) is 15.5. The smallest absolute Gasteiger partial charge is 0.305 e. The first kappa shape index (κ1) is 20.3. The van der Waals surface area contributed by atoms with E-state index in [-0.39, 0.29) is 6.61 Å². The van der Waals surface area contributed by atoms with Gasteiger partial charge in [0, 0.05) is 20.0 Å². The first-order valence-electron chi connectivity index (χ1n) is 8.04. The Kier molecular flexibility index (Phi) is 11.6. The summed E-state index contributed by atoms with van der Waals surface area (Å²) in [6.07, 6.45) is 4.61. The lowest BCUT2D eigenvalue weighted by Crippen LogP contribution is -2.41. The fraction of sp³-hybridized carbons (Fsp3) is 0.938. The van der Waals surface area contributed by atoms with E-state index < -0.39 is 11.8 Å². The molecule has 0 aliphatic rings. The van der Waals surface area contributed by atoms with Crippen molar-refractivity contribution in [1.29, 1.82) is 0 Å². The van der Waals surface area contributed by atoms with Gasteiger partial charge in [-0.2, -0.15) is 0 Å².